The molecule has 170 valence electrons. The van der Waals surface area contributed by atoms with Crippen LogP contribution in [0.2, 0.25) is 10.0 Å². The van der Waals surface area contributed by atoms with Crippen molar-refractivity contribution in [2.75, 3.05) is 20.1 Å². The number of likely N-dealkylation sites (N-methyl/N-ethyl adjacent to an activating group) is 1. The van der Waals surface area contributed by atoms with E-state index in [1.165, 1.54) is 46.9 Å². The molecule has 1 fully saturated rings. The zero-order chi connectivity index (χ0) is 23.0. The highest BCUT2D eigenvalue weighted by Gasteiger charge is 2.34. The third-order valence-corrected chi connectivity index (χ3v) is 7.93. The summed E-state index contributed by atoms with van der Waals surface area (Å²) in [5.41, 5.74) is 1.07. The summed E-state index contributed by atoms with van der Waals surface area (Å²) < 4.78 is 55.1. The van der Waals surface area contributed by atoms with Crippen LogP contribution in [-0.4, -0.2) is 48.9 Å². The Bertz CT molecular complexity index is 1200. The first-order valence-electron chi connectivity index (χ1n) is 9.83. The summed E-state index contributed by atoms with van der Waals surface area (Å²) in [7, 11) is -1.99. The molecule has 6 nitrogen and oxygen atoms in total. The van der Waals surface area contributed by atoms with E-state index in [4.69, 9.17) is 23.2 Å². The van der Waals surface area contributed by atoms with Gasteiger partial charge in [-0.15, -0.1) is 0 Å². The van der Waals surface area contributed by atoms with E-state index in [1.807, 2.05) is 0 Å². The van der Waals surface area contributed by atoms with Crippen molar-refractivity contribution in [2.45, 2.75) is 23.4 Å². The van der Waals surface area contributed by atoms with E-state index in [0.29, 0.717) is 30.6 Å². The zero-order valence-electron chi connectivity index (χ0n) is 16.9. The van der Waals surface area contributed by atoms with Crippen molar-refractivity contribution >= 4 is 33.2 Å². The molecule has 3 aromatic rings. The maximum atomic E-state index is 13.8. The van der Waals surface area contributed by atoms with Gasteiger partial charge in [0.1, 0.15) is 17.5 Å². The van der Waals surface area contributed by atoms with Crippen LogP contribution in [0, 0.1) is 11.6 Å². The lowest BCUT2D eigenvalue weighted by Crippen LogP contribution is -2.33. The van der Waals surface area contributed by atoms with Gasteiger partial charge in [0.05, 0.1) is 22.2 Å². The van der Waals surface area contributed by atoms with Crippen LogP contribution in [0.4, 0.5) is 8.78 Å². The first-order chi connectivity index (χ1) is 15.2. The van der Waals surface area contributed by atoms with E-state index in [-0.39, 0.29) is 26.9 Å². The van der Waals surface area contributed by atoms with Crippen LogP contribution in [0.1, 0.15) is 29.3 Å². The second kappa shape index (κ2) is 9.07. The lowest BCUT2D eigenvalue weighted by Gasteiger charge is -2.18. The molecule has 1 aromatic heterocycles. The number of sulfonamides is 1. The summed E-state index contributed by atoms with van der Waals surface area (Å²) >= 11 is 12.0. The van der Waals surface area contributed by atoms with E-state index in [2.05, 4.69) is 15.3 Å². The van der Waals surface area contributed by atoms with Gasteiger partial charge in [0.15, 0.2) is 5.03 Å². The summed E-state index contributed by atoms with van der Waals surface area (Å²) in [5.74, 6) is -1.60. The summed E-state index contributed by atoms with van der Waals surface area (Å²) in [6.07, 6.45) is 1.96. The van der Waals surface area contributed by atoms with Gasteiger partial charge in [-0.1, -0.05) is 35.3 Å². The van der Waals surface area contributed by atoms with Gasteiger partial charge in [-0.05, 0) is 48.9 Å². The van der Waals surface area contributed by atoms with Crippen molar-refractivity contribution in [3.05, 3.63) is 81.2 Å². The van der Waals surface area contributed by atoms with Crippen LogP contribution >= 0.6 is 23.2 Å². The molecule has 4 rings (SSSR count). The number of halogens is 4. The molecule has 0 bridgehead atoms. The molecule has 1 unspecified atom stereocenters. The van der Waals surface area contributed by atoms with Crippen LogP contribution in [0.15, 0.2) is 47.6 Å². The van der Waals surface area contributed by atoms with Crippen molar-refractivity contribution in [1.29, 1.82) is 0 Å². The van der Waals surface area contributed by atoms with Gasteiger partial charge in [-0.25, -0.2) is 22.2 Å². The summed E-state index contributed by atoms with van der Waals surface area (Å²) in [6, 6.07) is 8.37. The Balaban J connectivity index is 1.76. The lowest BCUT2D eigenvalue weighted by atomic mass is 9.90. The Morgan fingerprint density at radius 2 is 1.72 bits per heavy atom. The fraction of sp³-hybridized carbons (Fsp3) is 0.286. The molecule has 1 atom stereocenters. The smallest absolute Gasteiger partial charge is 0.260 e. The SMILES string of the molecule is CNC1CCN(S(=O)(=O)c2cnc(C(c3ccc(F)c(Cl)c3)c3ccc(F)c(Cl)c3)[nH]2)C1. The molecule has 0 aliphatic carbocycles. The number of hydrogen-bond donors (Lipinski definition) is 2. The monoisotopic (exact) mass is 500 g/mol. The molecule has 2 aromatic carbocycles. The van der Waals surface area contributed by atoms with Gasteiger partial charge in [0.2, 0.25) is 0 Å². The Labute approximate surface area is 194 Å². The minimum atomic E-state index is -3.79. The van der Waals surface area contributed by atoms with Gasteiger partial charge < -0.3 is 10.3 Å². The molecule has 0 spiro atoms. The Hall–Kier alpha value is -2.04. The van der Waals surface area contributed by atoms with Crippen LogP contribution < -0.4 is 5.32 Å². The highest BCUT2D eigenvalue weighted by atomic mass is 35.5. The molecule has 2 N–H and O–H groups in total. The zero-order valence-corrected chi connectivity index (χ0v) is 19.3. The molecule has 0 amide bonds. The van der Waals surface area contributed by atoms with Crippen LogP contribution in [-0.2, 0) is 10.0 Å². The van der Waals surface area contributed by atoms with Crippen molar-refractivity contribution in [1.82, 2.24) is 19.6 Å². The topological polar surface area (TPSA) is 78.1 Å². The number of aromatic amines is 1. The number of benzene rings is 2. The summed E-state index contributed by atoms with van der Waals surface area (Å²) in [5, 5.41) is 2.82. The molecule has 0 radical (unpaired) electrons. The number of aromatic nitrogens is 2. The minimum Gasteiger partial charge on any atom is -0.331 e. The van der Waals surface area contributed by atoms with Gasteiger partial charge in [0, 0.05) is 19.1 Å². The average molecular weight is 501 g/mol. The summed E-state index contributed by atoms with van der Waals surface area (Å²) in [4.78, 5) is 7.19. The van der Waals surface area contributed by atoms with E-state index in [1.54, 1.807) is 7.05 Å². The predicted octanol–water partition coefficient (Wildman–Crippen LogP) is 4.16. The molecule has 11 heteroatoms. The Morgan fingerprint density at radius 3 is 2.22 bits per heavy atom. The largest absolute Gasteiger partial charge is 0.331 e. The second-order valence-corrected chi connectivity index (χ2v) is 10.3. The lowest BCUT2D eigenvalue weighted by molar-refractivity contribution is 0.462. The molecule has 2 heterocycles. The van der Waals surface area contributed by atoms with E-state index >= 15 is 0 Å². The highest BCUT2D eigenvalue weighted by molar-refractivity contribution is 7.89. The van der Waals surface area contributed by atoms with Crippen molar-refractivity contribution in [3.8, 4) is 0 Å². The quantitative estimate of drug-likeness (QED) is 0.532. The molecular formula is C21H20Cl2F2N4O2S. The Morgan fingerprint density at radius 1 is 1.12 bits per heavy atom. The van der Waals surface area contributed by atoms with Gasteiger partial charge in [-0.3, -0.25) is 0 Å². The fourth-order valence-corrected chi connectivity index (χ4v) is 5.61. The number of nitrogens with one attached hydrogen (secondary N) is 2. The van der Waals surface area contributed by atoms with Gasteiger partial charge in [-0.2, -0.15) is 4.31 Å². The standard InChI is InChI=1S/C21H20Cl2F2N4O2S/c1-26-14-6-7-29(11-14)32(30,31)19-10-27-21(28-19)20(12-2-4-17(24)15(22)8-12)13-3-5-18(25)16(23)9-13/h2-5,8-10,14,20,26H,6-7,11H2,1H3,(H,27,28). The predicted molar refractivity (Wildman–Crippen MR) is 119 cm³/mol. The highest BCUT2D eigenvalue weighted by Crippen LogP contribution is 2.35. The molecule has 1 aliphatic heterocycles. The number of imidazole rings is 1. The minimum absolute atomic E-state index is 0.0596. The maximum absolute atomic E-state index is 13.8. The third kappa shape index (κ3) is 4.40. The fourth-order valence-electron chi connectivity index (χ4n) is 3.81. The number of hydrogen-bond acceptors (Lipinski definition) is 4. The molecular weight excluding hydrogens is 481 g/mol. The molecule has 32 heavy (non-hydrogen) atoms. The van der Waals surface area contributed by atoms with Crippen LogP contribution in [0.25, 0.3) is 0 Å². The van der Waals surface area contributed by atoms with Gasteiger partial charge in [0.25, 0.3) is 10.0 Å². The first kappa shape index (κ1) is 23.1. The van der Waals surface area contributed by atoms with Crippen molar-refractivity contribution in [2.24, 2.45) is 0 Å². The molecule has 1 aliphatic rings. The normalized spacial score (nSPS) is 17.4. The average Bonchev–Trinajstić information content (AvgIpc) is 3.44. The van der Waals surface area contributed by atoms with Crippen molar-refractivity contribution in [3.63, 3.8) is 0 Å². The third-order valence-electron chi connectivity index (χ3n) is 5.58. The van der Waals surface area contributed by atoms with E-state index < -0.39 is 27.6 Å². The van der Waals surface area contributed by atoms with Gasteiger partial charge >= 0.3 is 0 Å². The number of rotatable bonds is 6. The first-order valence-corrected chi connectivity index (χ1v) is 12.0. The Kier molecular flexibility index (Phi) is 6.56. The maximum Gasteiger partial charge on any atom is 0.260 e. The van der Waals surface area contributed by atoms with E-state index in [9.17, 15) is 17.2 Å². The van der Waals surface area contributed by atoms with Crippen molar-refractivity contribution < 1.29 is 17.2 Å². The van der Waals surface area contributed by atoms with Crippen LogP contribution in [0.3, 0.4) is 0 Å². The summed E-state index contributed by atoms with van der Waals surface area (Å²) in [6.45, 7) is 0.754. The second-order valence-electron chi connectivity index (χ2n) is 7.55. The molecule has 0 saturated carbocycles. The van der Waals surface area contributed by atoms with E-state index in [0.717, 1.165) is 0 Å². The number of nitrogens with zero attached hydrogens (tertiary/aromatic N) is 2. The van der Waals surface area contributed by atoms with Crippen LogP contribution in [0.5, 0.6) is 0 Å². The molecule has 1 saturated heterocycles. The number of H-pyrrole nitrogens is 1.